The van der Waals surface area contributed by atoms with E-state index in [1.165, 1.54) is 17.5 Å². The summed E-state index contributed by atoms with van der Waals surface area (Å²) in [4.78, 5) is 12.8. The first-order valence-corrected chi connectivity index (χ1v) is 10.1. The summed E-state index contributed by atoms with van der Waals surface area (Å²) in [5, 5.41) is 2.94. The zero-order chi connectivity index (χ0) is 20.1. The maximum atomic E-state index is 12.8. The summed E-state index contributed by atoms with van der Waals surface area (Å²) in [7, 11) is 0. The van der Waals surface area contributed by atoms with E-state index in [-0.39, 0.29) is 5.91 Å². The number of nitrogens with one attached hydrogen (secondary N) is 1. The van der Waals surface area contributed by atoms with Crippen molar-refractivity contribution in [2.45, 2.75) is 38.7 Å². The van der Waals surface area contributed by atoms with Crippen LogP contribution in [0, 0.1) is 0 Å². The van der Waals surface area contributed by atoms with Crippen molar-refractivity contribution in [3.05, 3.63) is 83.9 Å². The molecule has 1 amide bonds. The van der Waals surface area contributed by atoms with E-state index < -0.39 is 6.10 Å². The van der Waals surface area contributed by atoms with Crippen molar-refractivity contribution in [2.75, 3.05) is 5.32 Å². The Hall–Kier alpha value is -3.27. The second-order valence-corrected chi connectivity index (χ2v) is 7.26. The zero-order valence-corrected chi connectivity index (χ0v) is 16.6. The molecule has 0 radical (unpaired) electrons. The Labute approximate surface area is 171 Å². The fraction of sp³-hybridized carbons (Fsp3) is 0.240. The van der Waals surface area contributed by atoms with E-state index in [9.17, 15) is 4.79 Å². The molecular formula is C25H25NO3. The van der Waals surface area contributed by atoms with Crippen LogP contribution in [0.4, 0.5) is 5.69 Å². The highest BCUT2D eigenvalue weighted by molar-refractivity contribution is 5.95. The van der Waals surface area contributed by atoms with E-state index in [1.807, 2.05) is 66.7 Å². The molecular weight excluding hydrogens is 362 g/mol. The van der Waals surface area contributed by atoms with Gasteiger partial charge < -0.3 is 14.8 Å². The van der Waals surface area contributed by atoms with Gasteiger partial charge in [-0.2, -0.15) is 0 Å². The van der Waals surface area contributed by atoms with Crippen LogP contribution in [0.5, 0.6) is 17.2 Å². The number of ether oxygens (including phenoxy) is 2. The molecule has 0 aromatic heterocycles. The lowest BCUT2D eigenvalue weighted by atomic mass is 9.91. The Balaban J connectivity index is 1.46. The number of para-hydroxylation sites is 3. The van der Waals surface area contributed by atoms with Gasteiger partial charge in [0.1, 0.15) is 11.5 Å². The average Bonchev–Trinajstić information content (AvgIpc) is 2.76. The van der Waals surface area contributed by atoms with Gasteiger partial charge in [0, 0.05) is 0 Å². The van der Waals surface area contributed by atoms with Crippen LogP contribution >= 0.6 is 0 Å². The Kier molecular flexibility index (Phi) is 5.80. The van der Waals surface area contributed by atoms with Crippen molar-refractivity contribution in [3.63, 3.8) is 0 Å². The molecule has 0 spiro atoms. The fourth-order valence-corrected chi connectivity index (χ4v) is 3.61. The summed E-state index contributed by atoms with van der Waals surface area (Å²) in [6, 6.07) is 23.0. The maximum Gasteiger partial charge on any atom is 0.265 e. The number of fused-ring (bicyclic) bond motifs is 1. The molecule has 0 heterocycles. The number of rotatable bonds is 6. The molecule has 4 nitrogen and oxygen atoms in total. The van der Waals surface area contributed by atoms with Crippen LogP contribution in [0.2, 0.25) is 0 Å². The van der Waals surface area contributed by atoms with Gasteiger partial charge in [0.15, 0.2) is 11.9 Å². The van der Waals surface area contributed by atoms with Crippen LogP contribution in [0.25, 0.3) is 0 Å². The van der Waals surface area contributed by atoms with Crippen LogP contribution < -0.4 is 14.8 Å². The number of anilines is 1. The first-order valence-electron chi connectivity index (χ1n) is 10.1. The SMILES string of the molecule is CC(Oc1cccc2c1CCCC2)C(=O)Nc1ccccc1Oc1ccccc1. The third kappa shape index (κ3) is 4.60. The van der Waals surface area contributed by atoms with Crippen LogP contribution in [-0.2, 0) is 17.6 Å². The molecule has 0 saturated carbocycles. The number of benzene rings is 3. The van der Waals surface area contributed by atoms with Crippen molar-refractivity contribution in [2.24, 2.45) is 0 Å². The molecule has 1 aliphatic carbocycles. The summed E-state index contributed by atoms with van der Waals surface area (Å²) in [6.07, 6.45) is 3.85. The number of hydrogen-bond donors (Lipinski definition) is 1. The Morgan fingerprint density at radius 2 is 1.59 bits per heavy atom. The van der Waals surface area contributed by atoms with Crippen molar-refractivity contribution < 1.29 is 14.3 Å². The van der Waals surface area contributed by atoms with Gasteiger partial charge in [-0.3, -0.25) is 4.79 Å². The molecule has 0 aliphatic heterocycles. The molecule has 0 fully saturated rings. The summed E-state index contributed by atoms with van der Waals surface area (Å²) in [6.45, 7) is 1.78. The topological polar surface area (TPSA) is 47.6 Å². The number of aryl methyl sites for hydroxylation is 1. The minimum atomic E-state index is -0.617. The molecule has 1 N–H and O–H groups in total. The van der Waals surface area contributed by atoms with Gasteiger partial charge in [0.05, 0.1) is 5.69 Å². The Bertz CT molecular complexity index is 984. The first kappa shape index (κ1) is 19.1. The standard InChI is InChI=1S/C25H25NO3/c1-18(28-23-17-9-11-19-10-5-6-14-21(19)23)25(27)26-22-15-7-8-16-24(22)29-20-12-3-2-4-13-20/h2-4,7-9,11-13,15-18H,5-6,10,14H2,1H3,(H,26,27). The Morgan fingerprint density at radius 3 is 2.45 bits per heavy atom. The molecule has 0 saturated heterocycles. The van der Waals surface area contributed by atoms with Crippen LogP contribution in [0.3, 0.4) is 0 Å². The molecule has 4 rings (SSSR count). The quantitative estimate of drug-likeness (QED) is 0.585. The van der Waals surface area contributed by atoms with Gasteiger partial charge >= 0.3 is 0 Å². The summed E-state index contributed by atoms with van der Waals surface area (Å²) in [5.74, 6) is 1.92. The van der Waals surface area contributed by atoms with Crippen molar-refractivity contribution in [1.82, 2.24) is 0 Å². The highest BCUT2D eigenvalue weighted by Gasteiger charge is 2.20. The maximum absolute atomic E-state index is 12.8. The monoisotopic (exact) mass is 387 g/mol. The van der Waals surface area contributed by atoms with Crippen molar-refractivity contribution in [1.29, 1.82) is 0 Å². The van der Waals surface area contributed by atoms with Gasteiger partial charge in [-0.1, -0.05) is 42.5 Å². The minimum absolute atomic E-state index is 0.206. The minimum Gasteiger partial charge on any atom is -0.481 e. The number of carbonyl (C=O) groups excluding carboxylic acids is 1. The molecule has 3 aromatic rings. The second kappa shape index (κ2) is 8.82. The average molecular weight is 387 g/mol. The molecule has 1 atom stereocenters. The second-order valence-electron chi connectivity index (χ2n) is 7.26. The van der Waals surface area contributed by atoms with E-state index in [2.05, 4.69) is 11.4 Å². The van der Waals surface area contributed by atoms with Crippen molar-refractivity contribution in [3.8, 4) is 17.2 Å². The predicted octanol–water partition coefficient (Wildman–Crippen LogP) is 5.76. The molecule has 29 heavy (non-hydrogen) atoms. The third-order valence-corrected chi connectivity index (χ3v) is 5.14. The van der Waals surface area contributed by atoms with E-state index in [0.717, 1.165) is 30.8 Å². The first-order chi connectivity index (χ1) is 14.2. The smallest absolute Gasteiger partial charge is 0.265 e. The van der Waals surface area contributed by atoms with Crippen LogP contribution in [0.1, 0.15) is 30.9 Å². The van der Waals surface area contributed by atoms with Gasteiger partial charge in [-0.05, 0) is 74.1 Å². The predicted molar refractivity (Wildman–Crippen MR) is 115 cm³/mol. The van der Waals surface area contributed by atoms with Crippen LogP contribution in [-0.4, -0.2) is 12.0 Å². The van der Waals surface area contributed by atoms with Gasteiger partial charge in [-0.15, -0.1) is 0 Å². The van der Waals surface area contributed by atoms with E-state index in [4.69, 9.17) is 9.47 Å². The third-order valence-electron chi connectivity index (χ3n) is 5.14. The largest absolute Gasteiger partial charge is 0.481 e. The highest BCUT2D eigenvalue weighted by atomic mass is 16.5. The van der Waals surface area contributed by atoms with Gasteiger partial charge in [-0.25, -0.2) is 0 Å². The summed E-state index contributed by atoms with van der Waals surface area (Å²) >= 11 is 0. The van der Waals surface area contributed by atoms with Gasteiger partial charge in [0.2, 0.25) is 0 Å². The molecule has 1 aliphatic rings. The van der Waals surface area contributed by atoms with Gasteiger partial charge in [0.25, 0.3) is 5.91 Å². The summed E-state index contributed by atoms with van der Waals surface area (Å²) < 4.78 is 12.0. The molecule has 148 valence electrons. The highest BCUT2D eigenvalue weighted by Crippen LogP contribution is 2.31. The van der Waals surface area contributed by atoms with Crippen molar-refractivity contribution >= 4 is 11.6 Å². The summed E-state index contributed by atoms with van der Waals surface area (Å²) in [5.41, 5.74) is 3.20. The number of amides is 1. The van der Waals surface area contributed by atoms with E-state index in [1.54, 1.807) is 6.92 Å². The zero-order valence-electron chi connectivity index (χ0n) is 16.6. The lowest BCUT2D eigenvalue weighted by molar-refractivity contribution is -0.122. The number of carbonyl (C=O) groups is 1. The Morgan fingerprint density at radius 1 is 0.862 bits per heavy atom. The lowest BCUT2D eigenvalue weighted by Crippen LogP contribution is -2.30. The normalized spacial score (nSPS) is 13.8. The van der Waals surface area contributed by atoms with Crippen LogP contribution in [0.15, 0.2) is 72.8 Å². The van der Waals surface area contributed by atoms with E-state index >= 15 is 0 Å². The molecule has 1 unspecified atom stereocenters. The molecule has 4 heteroatoms. The van der Waals surface area contributed by atoms with E-state index in [0.29, 0.717) is 11.4 Å². The molecule has 3 aromatic carbocycles. The molecule has 0 bridgehead atoms. The number of hydrogen-bond acceptors (Lipinski definition) is 3. The fourth-order valence-electron chi connectivity index (χ4n) is 3.61. The lowest BCUT2D eigenvalue weighted by Gasteiger charge is -2.22.